The number of piperidine rings is 1. The number of likely N-dealkylation sites (tertiary alicyclic amines) is 1. The molecule has 5 heteroatoms. The highest BCUT2D eigenvalue weighted by atomic mass is 16.6. The molecule has 5 nitrogen and oxygen atoms in total. The van der Waals surface area contributed by atoms with Crippen LogP contribution in [0.25, 0.3) is 0 Å². The smallest absolute Gasteiger partial charge is 0.409 e. The predicted molar refractivity (Wildman–Crippen MR) is 83.3 cm³/mol. The lowest BCUT2D eigenvalue weighted by atomic mass is 10.1. The summed E-state index contributed by atoms with van der Waals surface area (Å²) in [5.41, 5.74) is 1.22. The molecule has 1 amide bonds. The van der Waals surface area contributed by atoms with Crippen LogP contribution >= 0.6 is 0 Å². The molecule has 0 bridgehead atoms. The molecule has 1 heterocycles. The average Bonchev–Trinajstić information content (AvgIpc) is 2.99. The van der Waals surface area contributed by atoms with Crippen molar-refractivity contribution in [2.75, 3.05) is 20.2 Å². The number of carbonyl (C=O) groups is 2. The number of hydrogen-bond acceptors (Lipinski definition) is 4. The molecule has 1 saturated carbocycles. The predicted octanol–water partition coefficient (Wildman–Crippen LogP) is 3.00. The highest BCUT2D eigenvalue weighted by molar-refractivity contribution is 5.78. The van der Waals surface area contributed by atoms with Gasteiger partial charge in [-0.2, -0.15) is 0 Å². The van der Waals surface area contributed by atoms with Crippen molar-refractivity contribution in [3.05, 3.63) is 11.6 Å². The molecule has 0 aromatic rings. The Balaban J connectivity index is 1.84. The van der Waals surface area contributed by atoms with E-state index in [0.29, 0.717) is 25.9 Å². The molecule has 1 aliphatic heterocycles. The van der Waals surface area contributed by atoms with E-state index in [9.17, 15) is 9.59 Å². The Morgan fingerprint density at radius 3 is 2.27 bits per heavy atom. The molecular formula is C17H27NO4. The monoisotopic (exact) mass is 309 g/mol. The molecule has 2 rings (SSSR count). The van der Waals surface area contributed by atoms with E-state index in [4.69, 9.17) is 9.47 Å². The minimum absolute atomic E-state index is 0.0128. The number of methoxy groups -OCH3 is 1. The van der Waals surface area contributed by atoms with Gasteiger partial charge in [-0.15, -0.1) is 0 Å². The Morgan fingerprint density at radius 1 is 1.18 bits per heavy atom. The lowest BCUT2D eigenvalue weighted by Crippen LogP contribution is -2.41. The van der Waals surface area contributed by atoms with Crippen LogP contribution in [-0.2, 0) is 14.3 Å². The Morgan fingerprint density at radius 2 is 1.77 bits per heavy atom. The quantitative estimate of drug-likeness (QED) is 0.594. The molecule has 2 aliphatic rings. The van der Waals surface area contributed by atoms with Crippen LogP contribution in [0.3, 0.4) is 0 Å². The van der Waals surface area contributed by atoms with Gasteiger partial charge in [-0.05, 0) is 25.2 Å². The molecular weight excluding hydrogens is 282 g/mol. The van der Waals surface area contributed by atoms with Crippen LogP contribution < -0.4 is 0 Å². The minimum atomic E-state index is -0.309. The average molecular weight is 309 g/mol. The van der Waals surface area contributed by atoms with E-state index in [-0.39, 0.29) is 35.4 Å². The maximum Gasteiger partial charge on any atom is 0.409 e. The summed E-state index contributed by atoms with van der Waals surface area (Å²) in [6.07, 6.45) is 3.14. The van der Waals surface area contributed by atoms with Crippen molar-refractivity contribution in [2.45, 2.75) is 46.6 Å². The van der Waals surface area contributed by atoms with Crippen LogP contribution in [0.2, 0.25) is 0 Å². The van der Waals surface area contributed by atoms with Crippen LogP contribution in [0, 0.1) is 17.3 Å². The number of allylic oxidation sites excluding steroid dienone is 2. The zero-order chi connectivity index (χ0) is 16.5. The Bertz CT molecular complexity index is 471. The fraction of sp³-hybridized carbons (Fsp3) is 0.765. The van der Waals surface area contributed by atoms with Gasteiger partial charge in [0.2, 0.25) is 0 Å². The molecule has 1 saturated heterocycles. The van der Waals surface area contributed by atoms with E-state index in [1.54, 1.807) is 4.90 Å². The van der Waals surface area contributed by atoms with Crippen molar-refractivity contribution in [1.82, 2.24) is 4.90 Å². The van der Waals surface area contributed by atoms with Gasteiger partial charge in [-0.3, -0.25) is 4.79 Å². The van der Waals surface area contributed by atoms with Gasteiger partial charge in [0.15, 0.2) is 0 Å². The number of amides is 1. The summed E-state index contributed by atoms with van der Waals surface area (Å²) in [4.78, 5) is 25.5. The standard InChI is InChI=1S/C17H27NO4/c1-11(2)10-13-14(17(13,3)4)15(19)22-12-6-8-18(9-7-12)16(20)21-5/h10,12-14H,6-9H2,1-5H3/t13-,14-/m1/s1. The first-order valence-electron chi connectivity index (χ1n) is 7.95. The van der Waals surface area contributed by atoms with E-state index in [1.165, 1.54) is 12.7 Å². The van der Waals surface area contributed by atoms with Gasteiger partial charge in [0.25, 0.3) is 0 Å². The van der Waals surface area contributed by atoms with E-state index in [2.05, 4.69) is 33.8 Å². The SMILES string of the molecule is COC(=O)N1CCC(OC(=O)[C@H]2[C@@H](C=C(C)C)C2(C)C)CC1. The molecule has 124 valence electrons. The molecule has 0 N–H and O–H groups in total. The van der Waals surface area contributed by atoms with Crippen molar-refractivity contribution in [2.24, 2.45) is 17.3 Å². The fourth-order valence-electron chi connectivity index (χ4n) is 3.32. The van der Waals surface area contributed by atoms with E-state index < -0.39 is 0 Å². The van der Waals surface area contributed by atoms with Crippen molar-refractivity contribution in [1.29, 1.82) is 0 Å². The molecule has 0 spiro atoms. The molecule has 0 radical (unpaired) electrons. The van der Waals surface area contributed by atoms with Crippen LogP contribution in [0.5, 0.6) is 0 Å². The largest absolute Gasteiger partial charge is 0.462 e. The van der Waals surface area contributed by atoms with Crippen LogP contribution in [0.1, 0.15) is 40.5 Å². The number of ether oxygens (including phenoxy) is 2. The molecule has 0 aromatic heterocycles. The Kier molecular flexibility index (Phi) is 4.83. The van der Waals surface area contributed by atoms with Crippen molar-refractivity contribution < 1.29 is 19.1 Å². The Hall–Kier alpha value is -1.52. The molecule has 0 unspecified atom stereocenters. The fourth-order valence-corrected chi connectivity index (χ4v) is 3.32. The third-order valence-electron chi connectivity index (χ3n) is 4.84. The van der Waals surface area contributed by atoms with Crippen molar-refractivity contribution in [3.63, 3.8) is 0 Å². The second-order valence-electron chi connectivity index (χ2n) is 7.16. The third kappa shape index (κ3) is 3.45. The zero-order valence-corrected chi connectivity index (χ0v) is 14.2. The van der Waals surface area contributed by atoms with Gasteiger partial charge in [0, 0.05) is 25.9 Å². The van der Waals surface area contributed by atoms with E-state index in [0.717, 1.165) is 0 Å². The topological polar surface area (TPSA) is 55.8 Å². The summed E-state index contributed by atoms with van der Waals surface area (Å²) in [7, 11) is 1.38. The van der Waals surface area contributed by atoms with E-state index >= 15 is 0 Å². The highest BCUT2D eigenvalue weighted by Gasteiger charge is 2.61. The number of esters is 1. The van der Waals surface area contributed by atoms with Crippen LogP contribution in [0.15, 0.2) is 11.6 Å². The van der Waals surface area contributed by atoms with Gasteiger partial charge >= 0.3 is 12.1 Å². The number of hydrogen-bond donors (Lipinski definition) is 0. The molecule has 2 atom stereocenters. The summed E-state index contributed by atoms with van der Waals surface area (Å²) in [6, 6.07) is 0. The molecule has 0 aromatic carbocycles. The Labute approximate surface area is 132 Å². The molecule has 22 heavy (non-hydrogen) atoms. The summed E-state index contributed by atoms with van der Waals surface area (Å²) < 4.78 is 10.4. The van der Waals surface area contributed by atoms with Crippen LogP contribution in [-0.4, -0.2) is 43.3 Å². The highest BCUT2D eigenvalue weighted by Crippen LogP contribution is 2.60. The number of nitrogens with zero attached hydrogens (tertiary/aromatic N) is 1. The first-order chi connectivity index (χ1) is 10.3. The van der Waals surface area contributed by atoms with Gasteiger partial charge in [0.05, 0.1) is 13.0 Å². The molecule has 2 fully saturated rings. The van der Waals surface area contributed by atoms with Crippen molar-refractivity contribution >= 4 is 12.1 Å². The van der Waals surface area contributed by atoms with Gasteiger partial charge < -0.3 is 14.4 Å². The maximum atomic E-state index is 12.4. The van der Waals surface area contributed by atoms with Crippen molar-refractivity contribution in [3.8, 4) is 0 Å². The third-order valence-corrected chi connectivity index (χ3v) is 4.84. The lowest BCUT2D eigenvalue weighted by molar-refractivity contribution is -0.153. The second-order valence-corrected chi connectivity index (χ2v) is 7.16. The zero-order valence-electron chi connectivity index (χ0n) is 14.2. The summed E-state index contributed by atoms with van der Waals surface area (Å²) >= 11 is 0. The van der Waals surface area contributed by atoms with Crippen LogP contribution in [0.4, 0.5) is 4.79 Å². The minimum Gasteiger partial charge on any atom is -0.462 e. The number of carbonyl (C=O) groups excluding carboxylic acids is 2. The first kappa shape index (κ1) is 16.8. The van der Waals surface area contributed by atoms with Gasteiger partial charge in [-0.25, -0.2) is 4.79 Å². The normalized spacial score (nSPS) is 27.0. The lowest BCUT2D eigenvalue weighted by Gasteiger charge is -2.30. The van der Waals surface area contributed by atoms with E-state index in [1.807, 2.05) is 0 Å². The maximum absolute atomic E-state index is 12.4. The number of rotatable bonds is 3. The van der Waals surface area contributed by atoms with Gasteiger partial charge in [-0.1, -0.05) is 25.5 Å². The first-order valence-corrected chi connectivity index (χ1v) is 7.95. The molecule has 1 aliphatic carbocycles. The summed E-state index contributed by atoms with van der Waals surface area (Å²) in [6.45, 7) is 9.50. The summed E-state index contributed by atoms with van der Waals surface area (Å²) in [5, 5.41) is 0. The summed E-state index contributed by atoms with van der Waals surface area (Å²) in [5.74, 6) is 0.144. The van der Waals surface area contributed by atoms with Gasteiger partial charge in [0.1, 0.15) is 6.10 Å². The second kappa shape index (κ2) is 6.31.